The lowest BCUT2D eigenvalue weighted by atomic mass is 9.98. The van der Waals surface area contributed by atoms with Crippen LogP contribution in [0.1, 0.15) is 5.56 Å². The zero-order valence-electron chi connectivity index (χ0n) is 9.59. The highest BCUT2D eigenvalue weighted by molar-refractivity contribution is 6.43. The molecule has 2 aromatic rings. The van der Waals surface area contributed by atoms with E-state index in [1.54, 1.807) is 24.3 Å². The molecule has 5 heteroatoms. The van der Waals surface area contributed by atoms with Crippen molar-refractivity contribution in [3.63, 3.8) is 0 Å². The van der Waals surface area contributed by atoms with E-state index >= 15 is 0 Å². The average molecular weight is 334 g/mol. The lowest BCUT2D eigenvalue weighted by molar-refractivity contribution is -0.107. The van der Waals surface area contributed by atoms with Gasteiger partial charge in [-0.15, -0.1) is 0 Å². The maximum Gasteiger partial charge on any atom is 0.124 e. The van der Waals surface area contributed by atoms with Crippen LogP contribution in [0, 0.1) is 0 Å². The highest BCUT2D eigenvalue weighted by Gasteiger charge is 2.16. The Morgan fingerprint density at radius 3 is 2.11 bits per heavy atom. The van der Waals surface area contributed by atoms with Crippen LogP contribution in [-0.4, -0.2) is 6.29 Å². The molecule has 98 valence electrons. The van der Waals surface area contributed by atoms with Gasteiger partial charge < -0.3 is 4.79 Å². The SMILES string of the molecule is O=CCc1cccc(Cl)c1-c1c(Cl)cc(Cl)cc1Cl. The highest BCUT2D eigenvalue weighted by atomic mass is 35.5. The molecule has 19 heavy (non-hydrogen) atoms. The quantitative estimate of drug-likeness (QED) is 0.657. The van der Waals surface area contributed by atoms with E-state index in [9.17, 15) is 4.79 Å². The summed E-state index contributed by atoms with van der Waals surface area (Å²) in [6, 6.07) is 8.52. The van der Waals surface area contributed by atoms with E-state index in [-0.39, 0.29) is 6.42 Å². The van der Waals surface area contributed by atoms with Crippen molar-refractivity contribution in [2.75, 3.05) is 0 Å². The number of hydrogen-bond acceptors (Lipinski definition) is 1. The van der Waals surface area contributed by atoms with Gasteiger partial charge >= 0.3 is 0 Å². The van der Waals surface area contributed by atoms with Gasteiger partial charge in [-0.3, -0.25) is 0 Å². The van der Waals surface area contributed by atoms with E-state index in [0.717, 1.165) is 11.8 Å². The summed E-state index contributed by atoms with van der Waals surface area (Å²) < 4.78 is 0. The molecule has 1 nitrogen and oxygen atoms in total. The molecule has 0 radical (unpaired) electrons. The van der Waals surface area contributed by atoms with E-state index in [1.807, 2.05) is 6.07 Å². The van der Waals surface area contributed by atoms with E-state index in [4.69, 9.17) is 46.4 Å². The third-order valence-electron chi connectivity index (χ3n) is 2.66. The zero-order valence-corrected chi connectivity index (χ0v) is 12.6. The molecule has 0 fully saturated rings. The van der Waals surface area contributed by atoms with E-state index in [2.05, 4.69) is 0 Å². The molecule has 0 aliphatic heterocycles. The van der Waals surface area contributed by atoms with Gasteiger partial charge in [0.05, 0.1) is 10.0 Å². The van der Waals surface area contributed by atoms with Gasteiger partial charge in [0.25, 0.3) is 0 Å². The van der Waals surface area contributed by atoms with Gasteiger partial charge in [-0.1, -0.05) is 58.5 Å². The first-order valence-corrected chi connectivity index (χ1v) is 6.91. The van der Waals surface area contributed by atoms with E-state index < -0.39 is 0 Å². The standard InChI is InChI=1S/C14H8Cl4O/c15-9-6-11(17)14(12(18)7-9)13-8(4-5-19)2-1-3-10(13)16/h1-3,5-7H,4H2. The second-order valence-corrected chi connectivity index (χ2v) is 5.55. The fraction of sp³-hybridized carbons (Fsp3) is 0.0714. The molecule has 0 saturated carbocycles. The van der Waals surface area contributed by atoms with Crippen molar-refractivity contribution in [2.45, 2.75) is 6.42 Å². The monoisotopic (exact) mass is 332 g/mol. The van der Waals surface area contributed by atoms with Crippen LogP contribution in [0.5, 0.6) is 0 Å². The minimum absolute atomic E-state index is 0.241. The molecule has 0 aromatic heterocycles. The molecule has 0 heterocycles. The van der Waals surface area contributed by atoms with Crippen molar-refractivity contribution >= 4 is 52.7 Å². The van der Waals surface area contributed by atoms with Crippen molar-refractivity contribution in [1.82, 2.24) is 0 Å². The fourth-order valence-corrected chi connectivity index (χ4v) is 3.18. The lowest BCUT2D eigenvalue weighted by Gasteiger charge is -2.13. The fourth-order valence-electron chi connectivity index (χ4n) is 1.89. The molecule has 0 N–H and O–H groups in total. The first kappa shape index (κ1) is 14.7. The predicted octanol–water partition coefficient (Wildman–Crippen LogP) is 5.71. The number of rotatable bonds is 3. The Hall–Kier alpha value is -0.730. The number of benzene rings is 2. The summed E-state index contributed by atoms with van der Waals surface area (Å²) in [5.41, 5.74) is 2.03. The van der Waals surface area contributed by atoms with Gasteiger partial charge in [0.1, 0.15) is 6.29 Å². The first-order chi connectivity index (χ1) is 9.04. The molecule has 0 spiro atoms. The van der Waals surface area contributed by atoms with Crippen LogP contribution >= 0.6 is 46.4 Å². The van der Waals surface area contributed by atoms with Crippen LogP contribution in [0.3, 0.4) is 0 Å². The number of carbonyl (C=O) groups excluding carboxylic acids is 1. The molecular weight excluding hydrogens is 326 g/mol. The third-order valence-corrected chi connectivity index (χ3v) is 3.79. The lowest BCUT2D eigenvalue weighted by Crippen LogP contribution is -1.94. The van der Waals surface area contributed by atoms with Crippen LogP contribution in [0.25, 0.3) is 11.1 Å². The Morgan fingerprint density at radius 2 is 1.53 bits per heavy atom. The Morgan fingerprint density at radius 1 is 0.895 bits per heavy atom. The summed E-state index contributed by atoms with van der Waals surface area (Å²) >= 11 is 24.5. The van der Waals surface area contributed by atoms with E-state index in [0.29, 0.717) is 31.2 Å². The topological polar surface area (TPSA) is 17.1 Å². The minimum atomic E-state index is 0.241. The molecule has 0 aliphatic carbocycles. The molecule has 2 aromatic carbocycles. The molecule has 0 amide bonds. The van der Waals surface area contributed by atoms with Crippen LogP contribution < -0.4 is 0 Å². The van der Waals surface area contributed by atoms with Gasteiger partial charge in [-0.05, 0) is 23.8 Å². The second-order valence-electron chi connectivity index (χ2n) is 3.89. The van der Waals surface area contributed by atoms with E-state index in [1.165, 1.54) is 0 Å². The van der Waals surface area contributed by atoms with Crippen LogP contribution in [0.15, 0.2) is 30.3 Å². The molecular formula is C14H8Cl4O. The number of halogens is 4. The maximum absolute atomic E-state index is 10.8. The summed E-state index contributed by atoms with van der Waals surface area (Å²) in [5.74, 6) is 0. The van der Waals surface area contributed by atoms with Crippen molar-refractivity contribution in [3.8, 4) is 11.1 Å². The van der Waals surface area contributed by atoms with Crippen LogP contribution in [0.4, 0.5) is 0 Å². The minimum Gasteiger partial charge on any atom is -0.303 e. The molecule has 0 aliphatic rings. The normalized spacial score (nSPS) is 10.5. The number of aldehydes is 1. The zero-order chi connectivity index (χ0) is 14.0. The average Bonchev–Trinajstić information content (AvgIpc) is 2.31. The molecule has 0 unspecified atom stereocenters. The molecule has 2 rings (SSSR count). The summed E-state index contributed by atoms with van der Waals surface area (Å²) in [5, 5.41) is 1.74. The van der Waals surface area contributed by atoms with Crippen LogP contribution in [-0.2, 0) is 11.2 Å². The smallest absolute Gasteiger partial charge is 0.124 e. The summed E-state index contributed by atoms with van der Waals surface area (Å²) in [7, 11) is 0. The Kier molecular flexibility index (Phi) is 4.75. The summed E-state index contributed by atoms with van der Waals surface area (Å²) in [4.78, 5) is 10.8. The van der Waals surface area contributed by atoms with Crippen LogP contribution in [0.2, 0.25) is 20.1 Å². The highest BCUT2D eigenvalue weighted by Crippen LogP contribution is 2.42. The van der Waals surface area contributed by atoms with Crippen molar-refractivity contribution in [1.29, 1.82) is 0 Å². The largest absolute Gasteiger partial charge is 0.303 e. The summed E-state index contributed by atoms with van der Waals surface area (Å²) in [6.45, 7) is 0. The predicted molar refractivity (Wildman–Crippen MR) is 81.7 cm³/mol. The Bertz CT molecular complexity index is 614. The third kappa shape index (κ3) is 3.06. The Labute approximate surface area is 131 Å². The number of hydrogen-bond donors (Lipinski definition) is 0. The van der Waals surface area contributed by atoms with Gasteiger partial charge in [0, 0.05) is 27.6 Å². The van der Waals surface area contributed by atoms with Crippen molar-refractivity contribution in [2.24, 2.45) is 0 Å². The molecule has 0 saturated heterocycles. The molecule has 0 atom stereocenters. The van der Waals surface area contributed by atoms with Gasteiger partial charge in [0.2, 0.25) is 0 Å². The van der Waals surface area contributed by atoms with Crippen molar-refractivity contribution < 1.29 is 4.79 Å². The number of carbonyl (C=O) groups is 1. The Balaban J connectivity index is 2.75. The second kappa shape index (κ2) is 6.15. The first-order valence-electron chi connectivity index (χ1n) is 5.40. The maximum atomic E-state index is 10.8. The van der Waals surface area contributed by atoms with Crippen molar-refractivity contribution in [3.05, 3.63) is 56.0 Å². The van der Waals surface area contributed by atoms with Gasteiger partial charge in [-0.2, -0.15) is 0 Å². The van der Waals surface area contributed by atoms with Gasteiger partial charge in [0.15, 0.2) is 0 Å². The van der Waals surface area contributed by atoms with Gasteiger partial charge in [-0.25, -0.2) is 0 Å². The molecule has 0 bridgehead atoms. The summed E-state index contributed by atoms with van der Waals surface area (Å²) in [6.07, 6.45) is 1.05.